The summed E-state index contributed by atoms with van der Waals surface area (Å²) in [4.78, 5) is 40.0. The standard InChI is InChI=1S/C21H37Cl2N3O3/c1-5-7-8-9-10-11-17(27)26-13-12-25(14-16(26)4)21(29)18(15(3)6-2)24-20(28)19(22)23/h15-16,18-19H,5-14H2,1-4H3,(H,24,28). The van der Waals surface area contributed by atoms with Crippen molar-refractivity contribution in [1.82, 2.24) is 15.1 Å². The summed E-state index contributed by atoms with van der Waals surface area (Å²) < 4.78 is 0. The lowest BCUT2D eigenvalue weighted by molar-refractivity contribution is -0.145. The van der Waals surface area contributed by atoms with Crippen LogP contribution in [0.15, 0.2) is 0 Å². The molecule has 0 aromatic heterocycles. The van der Waals surface area contributed by atoms with Crippen molar-refractivity contribution >= 4 is 40.9 Å². The van der Waals surface area contributed by atoms with Gasteiger partial charge in [-0.2, -0.15) is 0 Å². The van der Waals surface area contributed by atoms with E-state index in [9.17, 15) is 14.4 Å². The van der Waals surface area contributed by atoms with E-state index in [1.54, 1.807) is 4.90 Å². The van der Waals surface area contributed by atoms with Gasteiger partial charge in [-0.25, -0.2) is 0 Å². The highest BCUT2D eigenvalue weighted by Crippen LogP contribution is 2.18. The van der Waals surface area contributed by atoms with Gasteiger partial charge in [0.1, 0.15) is 6.04 Å². The fraction of sp³-hybridized carbons (Fsp3) is 0.857. The highest BCUT2D eigenvalue weighted by atomic mass is 35.5. The van der Waals surface area contributed by atoms with E-state index in [1.807, 2.05) is 25.7 Å². The van der Waals surface area contributed by atoms with Gasteiger partial charge in [-0.15, -0.1) is 0 Å². The molecule has 0 aromatic carbocycles. The minimum absolute atomic E-state index is 0.0436. The molecule has 1 aliphatic heterocycles. The highest BCUT2D eigenvalue weighted by molar-refractivity contribution is 6.53. The number of halogens is 2. The molecular formula is C21H37Cl2N3O3. The summed E-state index contributed by atoms with van der Waals surface area (Å²) >= 11 is 11.3. The van der Waals surface area contributed by atoms with Crippen molar-refractivity contribution in [3.8, 4) is 0 Å². The Morgan fingerprint density at radius 2 is 1.72 bits per heavy atom. The number of amides is 3. The summed E-state index contributed by atoms with van der Waals surface area (Å²) in [5, 5.41) is 2.68. The average molecular weight is 450 g/mol. The molecule has 1 N–H and O–H groups in total. The minimum Gasteiger partial charge on any atom is -0.342 e. The van der Waals surface area contributed by atoms with Gasteiger partial charge in [0.2, 0.25) is 11.8 Å². The molecule has 0 bridgehead atoms. The Morgan fingerprint density at radius 1 is 1.07 bits per heavy atom. The fourth-order valence-electron chi connectivity index (χ4n) is 3.65. The molecule has 168 valence electrons. The summed E-state index contributed by atoms with van der Waals surface area (Å²) in [6.07, 6.45) is 6.90. The molecule has 8 heteroatoms. The normalized spacial score (nSPS) is 19.2. The van der Waals surface area contributed by atoms with Crippen LogP contribution in [0.1, 0.15) is 72.6 Å². The number of carbonyl (C=O) groups is 3. The lowest BCUT2D eigenvalue weighted by Crippen LogP contribution is -2.60. The highest BCUT2D eigenvalue weighted by Gasteiger charge is 2.35. The van der Waals surface area contributed by atoms with Crippen LogP contribution in [-0.2, 0) is 14.4 Å². The van der Waals surface area contributed by atoms with Gasteiger partial charge in [0.05, 0.1) is 0 Å². The van der Waals surface area contributed by atoms with E-state index in [4.69, 9.17) is 23.2 Å². The van der Waals surface area contributed by atoms with Gasteiger partial charge in [0.25, 0.3) is 5.91 Å². The van der Waals surface area contributed by atoms with E-state index in [1.165, 1.54) is 19.3 Å². The van der Waals surface area contributed by atoms with Gasteiger partial charge in [-0.05, 0) is 19.3 Å². The Hall–Kier alpha value is -1.01. The first-order valence-electron chi connectivity index (χ1n) is 10.9. The van der Waals surface area contributed by atoms with Crippen molar-refractivity contribution in [3.63, 3.8) is 0 Å². The monoisotopic (exact) mass is 449 g/mol. The Balaban J connectivity index is 2.63. The van der Waals surface area contributed by atoms with Crippen molar-refractivity contribution < 1.29 is 14.4 Å². The zero-order valence-electron chi connectivity index (χ0n) is 18.3. The van der Waals surface area contributed by atoms with Crippen molar-refractivity contribution in [2.75, 3.05) is 19.6 Å². The Labute approximate surface area is 185 Å². The maximum Gasteiger partial charge on any atom is 0.253 e. The fourth-order valence-corrected chi connectivity index (χ4v) is 3.77. The third-order valence-corrected chi connectivity index (χ3v) is 6.13. The second-order valence-electron chi connectivity index (χ2n) is 8.06. The number of carbonyl (C=O) groups excluding carboxylic acids is 3. The minimum atomic E-state index is -1.21. The van der Waals surface area contributed by atoms with Crippen LogP contribution in [0.4, 0.5) is 0 Å². The number of nitrogens with one attached hydrogen (secondary N) is 1. The average Bonchev–Trinajstić information content (AvgIpc) is 2.70. The summed E-state index contributed by atoms with van der Waals surface area (Å²) in [6, 6.07) is -0.710. The van der Waals surface area contributed by atoms with Crippen molar-refractivity contribution in [1.29, 1.82) is 0 Å². The molecular weight excluding hydrogens is 413 g/mol. The molecule has 1 fully saturated rings. The predicted octanol–water partition coefficient (Wildman–Crippen LogP) is 3.74. The van der Waals surface area contributed by atoms with Gasteiger partial charge in [0.15, 0.2) is 4.84 Å². The molecule has 29 heavy (non-hydrogen) atoms. The van der Waals surface area contributed by atoms with Gasteiger partial charge < -0.3 is 15.1 Å². The first-order chi connectivity index (χ1) is 13.7. The second kappa shape index (κ2) is 13.3. The SMILES string of the molecule is CCCCCCCC(=O)N1CCN(C(=O)C(NC(=O)C(Cl)Cl)C(C)CC)CC1C. The predicted molar refractivity (Wildman–Crippen MR) is 118 cm³/mol. The van der Waals surface area contributed by atoms with Gasteiger partial charge in [-0.1, -0.05) is 76.1 Å². The molecule has 1 rings (SSSR count). The van der Waals surface area contributed by atoms with E-state index < -0.39 is 16.8 Å². The number of unbranched alkanes of at least 4 members (excludes halogenated alkanes) is 4. The molecule has 1 heterocycles. The first-order valence-corrected chi connectivity index (χ1v) is 11.8. The van der Waals surface area contributed by atoms with Crippen LogP contribution in [0.5, 0.6) is 0 Å². The molecule has 3 atom stereocenters. The molecule has 3 amide bonds. The van der Waals surface area contributed by atoms with Crippen molar-refractivity contribution in [2.45, 2.75) is 89.6 Å². The lowest BCUT2D eigenvalue weighted by atomic mass is 9.97. The van der Waals surface area contributed by atoms with Gasteiger partial charge in [-0.3, -0.25) is 14.4 Å². The second-order valence-corrected chi connectivity index (χ2v) is 9.15. The summed E-state index contributed by atoms with van der Waals surface area (Å²) in [5.41, 5.74) is 0. The van der Waals surface area contributed by atoms with Gasteiger partial charge >= 0.3 is 0 Å². The molecule has 3 unspecified atom stereocenters. The van der Waals surface area contributed by atoms with E-state index in [0.717, 1.165) is 19.3 Å². The number of hydrogen-bond donors (Lipinski definition) is 1. The maximum absolute atomic E-state index is 13.1. The third kappa shape index (κ3) is 8.33. The number of rotatable bonds is 11. The number of hydrogen-bond acceptors (Lipinski definition) is 3. The van der Waals surface area contributed by atoms with E-state index >= 15 is 0 Å². The zero-order valence-corrected chi connectivity index (χ0v) is 19.8. The number of alkyl halides is 2. The number of nitrogens with zero attached hydrogens (tertiary/aromatic N) is 2. The summed E-state index contributed by atoms with van der Waals surface area (Å²) in [7, 11) is 0. The van der Waals surface area contributed by atoms with E-state index in [0.29, 0.717) is 26.1 Å². The summed E-state index contributed by atoms with van der Waals surface area (Å²) in [5.74, 6) is -0.575. The summed E-state index contributed by atoms with van der Waals surface area (Å²) in [6.45, 7) is 9.49. The molecule has 0 aromatic rings. The Bertz CT molecular complexity index is 545. The third-order valence-electron chi connectivity index (χ3n) is 5.73. The first kappa shape index (κ1) is 26.0. The Kier molecular flexibility index (Phi) is 12.0. The lowest BCUT2D eigenvalue weighted by Gasteiger charge is -2.41. The molecule has 0 spiro atoms. The van der Waals surface area contributed by atoms with E-state index in [2.05, 4.69) is 12.2 Å². The Morgan fingerprint density at radius 3 is 2.28 bits per heavy atom. The van der Waals surface area contributed by atoms with Crippen LogP contribution in [0.2, 0.25) is 0 Å². The number of piperazine rings is 1. The molecule has 6 nitrogen and oxygen atoms in total. The molecule has 0 radical (unpaired) electrons. The zero-order chi connectivity index (χ0) is 22.0. The van der Waals surface area contributed by atoms with Crippen LogP contribution in [-0.4, -0.2) is 64.1 Å². The molecule has 1 saturated heterocycles. The van der Waals surface area contributed by atoms with Crippen LogP contribution < -0.4 is 5.32 Å². The molecule has 1 aliphatic rings. The van der Waals surface area contributed by atoms with Crippen molar-refractivity contribution in [3.05, 3.63) is 0 Å². The quantitative estimate of drug-likeness (QED) is 0.385. The smallest absolute Gasteiger partial charge is 0.253 e. The van der Waals surface area contributed by atoms with Crippen LogP contribution in [0.25, 0.3) is 0 Å². The van der Waals surface area contributed by atoms with Crippen molar-refractivity contribution in [2.24, 2.45) is 5.92 Å². The molecule has 0 aliphatic carbocycles. The van der Waals surface area contributed by atoms with E-state index in [-0.39, 0.29) is 23.8 Å². The maximum atomic E-state index is 13.1. The van der Waals surface area contributed by atoms with Crippen LogP contribution in [0.3, 0.4) is 0 Å². The van der Waals surface area contributed by atoms with Crippen LogP contribution >= 0.6 is 23.2 Å². The van der Waals surface area contributed by atoms with Crippen LogP contribution in [0, 0.1) is 5.92 Å². The largest absolute Gasteiger partial charge is 0.342 e. The molecule has 0 saturated carbocycles. The van der Waals surface area contributed by atoms with Gasteiger partial charge in [0, 0.05) is 32.1 Å². The topological polar surface area (TPSA) is 69.7 Å².